The molecule has 0 fully saturated rings. The minimum Gasteiger partial charge on any atom is -0.344 e. The van der Waals surface area contributed by atoms with Crippen molar-refractivity contribution in [1.82, 2.24) is 29.9 Å². The highest BCUT2D eigenvalue weighted by Crippen LogP contribution is 2.18. The van der Waals surface area contributed by atoms with Crippen LogP contribution >= 0.6 is 11.3 Å². The Kier molecular flexibility index (Phi) is 3.69. The van der Waals surface area contributed by atoms with Crippen LogP contribution in [0.15, 0.2) is 29.9 Å². The molecule has 7 nitrogen and oxygen atoms in total. The van der Waals surface area contributed by atoms with Gasteiger partial charge in [-0.05, 0) is 39.0 Å². The molecule has 0 aliphatic heterocycles. The van der Waals surface area contributed by atoms with Gasteiger partial charge in [-0.15, -0.1) is 0 Å². The van der Waals surface area contributed by atoms with Gasteiger partial charge in [0, 0.05) is 5.56 Å². The van der Waals surface area contributed by atoms with E-state index in [-0.39, 0.29) is 11.9 Å². The van der Waals surface area contributed by atoms with Crippen molar-refractivity contribution in [1.29, 1.82) is 0 Å². The van der Waals surface area contributed by atoms with E-state index >= 15 is 0 Å². The molecular weight excluding hydrogens is 336 g/mol. The van der Waals surface area contributed by atoms with Crippen molar-refractivity contribution in [2.24, 2.45) is 0 Å². The van der Waals surface area contributed by atoms with E-state index in [2.05, 4.69) is 25.4 Å². The zero-order valence-corrected chi connectivity index (χ0v) is 14.8. The van der Waals surface area contributed by atoms with Crippen molar-refractivity contribution in [3.05, 3.63) is 52.6 Å². The topological polar surface area (TPSA) is 85.1 Å². The predicted octanol–water partition coefficient (Wildman–Crippen LogP) is 2.84. The van der Waals surface area contributed by atoms with Gasteiger partial charge in [-0.3, -0.25) is 4.79 Å². The summed E-state index contributed by atoms with van der Waals surface area (Å²) in [4.78, 5) is 26.9. The lowest BCUT2D eigenvalue weighted by Gasteiger charge is -2.12. The predicted molar refractivity (Wildman–Crippen MR) is 95.8 cm³/mol. The zero-order valence-electron chi connectivity index (χ0n) is 14.0. The molecule has 1 N–H and O–H groups in total. The van der Waals surface area contributed by atoms with Gasteiger partial charge < -0.3 is 5.32 Å². The van der Waals surface area contributed by atoms with Crippen molar-refractivity contribution in [3.8, 4) is 0 Å². The Bertz CT molecular complexity index is 1070. The molecule has 1 amide bonds. The monoisotopic (exact) mass is 352 g/mol. The zero-order chi connectivity index (χ0) is 17.6. The number of carbonyl (C=O) groups is 1. The number of aromatic nitrogens is 5. The van der Waals surface area contributed by atoms with E-state index in [1.54, 1.807) is 22.2 Å². The maximum absolute atomic E-state index is 12.6. The number of nitrogens with zero attached hydrogens (tertiary/aromatic N) is 5. The minimum atomic E-state index is -0.220. The molecule has 0 saturated carbocycles. The molecule has 25 heavy (non-hydrogen) atoms. The summed E-state index contributed by atoms with van der Waals surface area (Å²) in [6.45, 7) is 5.74. The molecule has 1 aromatic carbocycles. The molecule has 4 aromatic rings. The van der Waals surface area contributed by atoms with Crippen LogP contribution in [0.4, 0.5) is 0 Å². The average Bonchev–Trinajstić information content (AvgIpc) is 3.17. The second-order valence-corrected chi connectivity index (χ2v) is 6.74. The fourth-order valence-electron chi connectivity index (χ4n) is 2.59. The third-order valence-electron chi connectivity index (χ3n) is 4.13. The molecule has 0 saturated heterocycles. The van der Waals surface area contributed by atoms with E-state index in [1.807, 2.05) is 33.0 Å². The van der Waals surface area contributed by atoms with Crippen LogP contribution in [0.5, 0.6) is 0 Å². The van der Waals surface area contributed by atoms with Gasteiger partial charge >= 0.3 is 0 Å². The number of hydrogen-bond donors (Lipinski definition) is 1. The fraction of sp³-hybridized carbons (Fsp3) is 0.235. The lowest BCUT2D eigenvalue weighted by Crippen LogP contribution is -2.26. The summed E-state index contributed by atoms with van der Waals surface area (Å²) in [5.41, 5.74) is 6.32. The van der Waals surface area contributed by atoms with Gasteiger partial charge in [0.1, 0.15) is 5.51 Å². The smallest absolute Gasteiger partial charge is 0.251 e. The lowest BCUT2D eigenvalue weighted by molar-refractivity contribution is 0.0939. The van der Waals surface area contributed by atoms with Crippen molar-refractivity contribution < 1.29 is 4.79 Å². The number of carbonyl (C=O) groups excluding carboxylic acids is 1. The molecule has 0 radical (unpaired) electrons. The SMILES string of the molecule is Cc1nc2ccc(C(=O)N[C@H](C)c3cn4ncsc4n3)cc2nc1C. The number of benzene rings is 1. The Morgan fingerprint density at radius 2 is 1.92 bits per heavy atom. The van der Waals surface area contributed by atoms with Gasteiger partial charge in [0.15, 0.2) is 0 Å². The summed E-state index contributed by atoms with van der Waals surface area (Å²) in [5, 5.41) is 7.12. The average molecular weight is 352 g/mol. The third kappa shape index (κ3) is 2.85. The van der Waals surface area contributed by atoms with Gasteiger partial charge in [-0.2, -0.15) is 5.10 Å². The van der Waals surface area contributed by atoms with Gasteiger partial charge in [0.25, 0.3) is 5.91 Å². The number of rotatable bonds is 3. The second-order valence-electron chi connectivity index (χ2n) is 5.92. The van der Waals surface area contributed by atoms with Gasteiger partial charge in [0.2, 0.25) is 4.96 Å². The van der Waals surface area contributed by atoms with Gasteiger partial charge in [-0.25, -0.2) is 19.5 Å². The van der Waals surface area contributed by atoms with Crippen LogP contribution in [0, 0.1) is 13.8 Å². The Balaban J connectivity index is 1.58. The van der Waals surface area contributed by atoms with Crippen molar-refractivity contribution in [2.75, 3.05) is 0 Å². The van der Waals surface area contributed by atoms with E-state index in [4.69, 9.17) is 0 Å². The van der Waals surface area contributed by atoms with E-state index < -0.39 is 0 Å². The molecule has 0 aliphatic rings. The van der Waals surface area contributed by atoms with Crippen LogP contribution in [0.2, 0.25) is 0 Å². The highest BCUT2D eigenvalue weighted by Gasteiger charge is 2.16. The van der Waals surface area contributed by atoms with Crippen molar-refractivity contribution in [2.45, 2.75) is 26.8 Å². The number of amides is 1. The number of nitrogens with one attached hydrogen (secondary N) is 1. The molecule has 4 rings (SSSR count). The second kappa shape index (κ2) is 5.89. The van der Waals surface area contributed by atoms with Crippen LogP contribution in [-0.4, -0.2) is 30.5 Å². The molecule has 8 heteroatoms. The third-order valence-corrected chi connectivity index (χ3v) is 4.82. The number of fused-ring (bicyclic) bond motifs is 2. The Labute approximate surface area is 147 Å². The first kappa shape index (κ1) is 15.6. The fourth-order valence-corrected chi connectivity index (χ4v) is 3.20. The number of imidazole rings is 1. The quantitative estimate of drug-likeness (QED) is 0.613. The van der Waals surface area contributed by atoms with Crippen molar-refractivity contribution in [3.63, 3.8) is 0 Å². The molecule has 0 aliphatic carbocycles. The first-order chi connectivity index (χ1) is 12.0. The molecular formula is C17H16N6OS. The summed E-state index contributed by atoms with van der Waals surface area (Å²) in [5.74, 6) is -0.168. The molecule has 0 bridgehead atoms. The molecule has 1 atom stereocenters. The minimum absolute atomic E-state index is 0.168. The van der Waals surface area contributed by atoms with Crippen LogP contribution in [-0.2, 0) is 0 Å². The number of hydrogen-bond acceptors (Lipinski definition) is 6. The molecule has 0 unspecified atom stereocenters. The highest BCUT2D eigenvalue weighted by molar-refractivity contribution is 7.14. The van der Waals surface area contributed by atoms with Crippen LogP contribution in [0.25, 0.3) is 16.0 Å². The van der Waals surface area contributed by atoms with Crippen LogP contribution in [0.1, 0.15) is 40.4 Å². The molecule has 126 valence electrons. The Morgan fingerprint density at radius 1 is 1.16 bits per heavy atom. The summed E-state index contributed by atoms with van der Waals surface area (Å²) >= 11 is 1.46. The van der Waals surface area contributed by atoms with Crippen LogP contribution < -0.4 is 5.32 Å². The maximum Gasteiger partial charge on any atom is 0.251 e. The summed E-state index contributed by atoms with van der Waals surface area (Å²) in [7, 11) is 0. The first-order valence-electron chi connectivity index (χ1n) is 7.86. The normalized spacial score (nSPS) is 12.6. The van der Waals surface area contributed by atoms with E-state index in [0.717, 1.165) is 33.1 Å². The number of aryl methyl sites for hydroxylation is 2. The maximum atomic E-state index is 12.6. The highest BCUT2D eigenvalue weighted by atomic mass is 32.1. The Morgan fingerprint density at radius 3 is 2.68 bits per heavy atom. The Hall–Kier alpha value is -2.87. The first-order valence-corrected chi connectivity index (χ1v) is 8.74. The lowest BCUT2D eigenvalue weighted by atomic mass is 10.1. The summed E-state index contributed by atoms with van der Waals surface area (Å²) < 4.78 is 1.71. The van der Waals surface area contributed by atoms with E-state index in [1.165, 1.54) is 11.3 Å². The molecule has 3 aromatic heterocycles. The largest absolute Gasteiger partial charge is 0.344 e. The van der Waals surface area contributed by atoms with E-state index in [9.17, 15) is 4.79 Å². The molecule has 3 heterocycles. The molecule has 0 spiro atoms. The van der Waals surface area contributed by atoms with Gasteiger partial charge in [0.05, 0.1) is 40.4 Å². The van der Waals surface area contributed by atoms with Crippen molar-refractivity contribution >= 4 is 33.2 Å². The summed E-state index contributed by atoms with van der Waals surface area (Å²) in [6.07, 6.45) is 1.83. The summed E-state index contributed by atoms with van der Waals surface area (Å²) in [6, 6.07) is 5.14. The standard InChI is InChI=1S/C17H16N6OS/c1-9-10(2)20-14-6-12(4-5-13(14)19-9)16(24)21-11(3)15-7-23-17(22-15)25-8-18-23/h4-8,11H,1-3H3,(H,21,24)/t11-/m1/s1. The van der Waals surface area contributed by atoms with Crippen LogP contribution in [0.3, 0.4) is 0 Å². The van der Waals surface area contributed by atoms with E-state index in [0.29, 0.717) is 5.56 Å². The van der Waals surface area contributed by atoms with Gasteiger partial charge in [-0.1, -0.05) is 11.3 Å².